The average Bonchev–Trinajstić information content (AvgIpc) is 2.65. The Labute approximate surface area is 163 Å². The lowest BCUT2D eigenvalue weighted by atomic mass is 10.1. The molecule has 0 N–H and O–H groups in total. The summed E-state index contributed by atoms with van der Waals surface area (Å²) in [5, 5.41) is 2.79. The molecule has 0 aliphatic carbocycles. The fraction of sp³-hybridized carbons (Fsp3) is 1.00. The van der Waals surface area contributed by atoms with Gasteiger partial charge in [0.2, 0.25) is 0 Å². The van der Waals surface area contributed by atoms with E-state index in [1.54, 1.807) is 0 Å². The zero-order chi connectivity index (χ0) is 18.0. The van der Waals surface area contributed by atoms with Crippen LogP contribution in [0.2, 0.25) is 10.6 Å². The van der Waals surface area contributed by atoms with Crippen molar-refractivity contribution in [1.29, 1.82) is 0 Å². The minimum Gasteiger partial charge on any atom is -0.499 e. The summed E-state index contributed by atoms with van der Waals surface area (Å²) in [6.07, 6.45) is 21.1. The molecule has 2 nitrogen and oxygen atoms in total. The largest absolute Gasteiger partial charge is 0.499 e. The van der Waals surface area contributed by atoms with Crippen LogP contribution in [0.3, 0.4) is 0 Å². The van der Waals surface area contributed by atoms with Crippen LogP contribution in [-0.4, -0.2) is 33.8 Å². The van der Waals surface area contributed by atoms with E-state index in [4.69, 9.17) is 8.53 Å². The molecule has 25 heavy (non-hydrogen) atoms. The predicted molar refractivity (Wildman–Crippen MR) is 112 cm³/mol. The quantitative estimate of drug-likeness (QED) is 0.198. The Hall–Kier alpha value is 0.452. The van der Waals surface area contributed by atoms with Crippen molar-refractivity contribution in [3.63, 3.8) is 0 Å². The normalized spacial score (nSPS) is 17.8. The van der Waals surface area contributed by atoms with Gasteiger partial charge in [-0.3, -0.25) is 0 Å². The highest BCUT2D eigenvalue weighted by Gasteiger charge is 2.22. The lowest BCUT2D eigenvalue weighted by molar-refractivity contribution is -0.0120. The van der Waals surface area contributed by atoms with Gasteiger partial charge in [0.05, 0.1) is 6.10 Å². The first kappa shape index (κ1) is 23.5. The average molecular weight is 369 g/mol. The predicted octanol–water partition coefficient (Wildman–Crippen LogP) is 7.28. The second kappa shape index (κ2) is 17.8. The van der Waals surface area contributed by atoms with Crippen LogP contribution in [-0.2, 0) is 8.53 Å². The van der Waals surface area contributed by atoms with E-state index >= 15 is 0 Å². The molecule has 1 saturated heterocycles. The highest BCUT2D eigenvalue weighted by molar-refractivity contribution is 6.51. The van der Waals surface area contributed by atoms with Gasteiger partial charge in [-0.05, 0) is 19.3 Å². The van der Waals surface area contributed by atoms with Crippen LogP contribution in [0.15, 0.2) is 0 Å². The van der Waals surface area contributed by atoms with Crippen molar-refractivity contribution in [3.05, 3.63) is 0 Å². The fourth-order valence-corrected chi connectivity index (χ4v) is 6.39. The summed E-state index contributed by atoms with van der Waals surface area (Å²) in [6, 6.07) is 0. The highest BCUT2D eigenvalue weighted by atomic mass is 27.2. The molecule has 0 bridgehead atoms. The molecule has 0 radical (unpaired) electrons. The van der Waals surface area contributed by atoms with Crippen LogP contribution in [0.1, 0.15) is 110 Å². The zero-order valence-corrected chi connectivity index (χ0v) is 18.6. The van der Waals surface area contributed by atoms with E-state index in [-0.39, 0.29) is 0 Å². The minimum atomic E-state index is -1.00. The Morgan fingerprint density at radius 2 is 1.32 bits per heavy atom. The van der Waals surface area contributed by atoms with Crippen molar-refractivity contribution in [2.45, 2.75) is 127 Å². The van der Waals surface area contributed by atoms with Gasteiger partial charge in [0.25, 0.3) is 0 Å². The van der Waals surface area contributed by atoms with E-state index in [0.717, 1.165) is 13.2 Å². The molecule has 0 spiro atoms. The number of hydrogen-bond donors (Lipinski definition) is 0. The first-order valence-electron chi connectivity index (χ1n) is 11.6. The topological polar surface area (TPSA) is 18.5 Å². The molecular weight excluding hydrogens is 323 g/mol. The molecular formula is C22H45AlO2. The van der Waals surface area contributed by atoms with E-state index in [9.17, 15) is 0 Å². The molecule has 0 aromatic carbocycles. The van der Waals surface area contributed by atoms with Gasteiger partial charge < -0.3 is 8.53 Å². The van der Waals surface area contributed by atoms with E-state index in [0.29, 0.717) is 6.10 Å². The van der Waals surface area contributed by atoms with Crippen molar-refractivity contribution < 1.29 is 8.53 Å². The van der Waals surface area contributed by atoms with Gasteiger partial charge in [-0.25, -0.2) is 0 Å². The second-order valence-corrected chi connectivity index (χ2v) is 10.8. The van der Waals surface area contributed by atoms with Gasteiger partial charge in [0.15, 0.2) is 0 Å². The van der Waals surface area contributed by atoms with Gasteiger partial charge in [-0.15, -0.1) is 0 Å². The van der Waals surface area contributed by atoms with Gasteiger partial charge in [0.1, 0.15) is 0 Å². The van der Waals surface area contributed by atoms with Crippen LogP contribution >= 0.6 is 0 Å². The van der Waals surface area contributed by atoms with E-state index in [1.807, 2.05) is 0 Å². The maximum Gasteiger partial charge on any atom is 0.460 e. The molecule has 1 atom stereocenters. The first-order valence-corrected chi connectivity index (χ1v) is 13.7. The summed E-state index contributed by atoms with van der Waals surface area (Å²) in [5.74, 6) is 0. The molecule has 1 aliphatic rings. The molecule has 0 saturated carbocycles. The summed E-state index contributed by atoms with van der Waals surface area (Å²) < 4.78 is 12.3. The van der Waals surface area contributed by atoms with Crippen molar-refractivity contribution in [2.75, 3.05) is 13.2 Å². The summed E-state index contributed by atoms with van der Waals surface area (Å²) >= 11 is -1.00. The van der Waals surface area contributed by atoms with Gasteiger partial charge in [-0.2, -0.15) is 0 Å². The molecule has 1 aliphatic heterocycles. The van der Waals surface area contributed by atoms with Crippen molar-refractivity contribution in [2.24, 2.45) is 0 Å². The van der Waals surface area contributed by atoms with Crippen molar-refractivity contribution in [1.82, 2.24) is 0 Å². The molecule has 0 aromatic rings. The number of ether oxygens (including phenoxy) is 1. The number of rotatable bonds is 17. The molecule has 1 heterocycles. The number of unbranched alkanes of at least 4 members (excludes halogenated alkanes) is 10. The Morgan fingerprint density at radius 1 is 0.760 bits per heavy atom. The lowest BCUT2D eigenvalue weighted by Gasteiger charge is -2.24. The Balaban J connectivity index is 2.15. The van der Waals surface area contributed by atoms with Crippen LogP contribution in [0.4, 0.5) is 0 Å². The van der Waals surface area contributed by atoms with E-state index < -0.39 is 14.5 Å². The second-order valence-electron chi connectivity index (χ2n) is 8.06. The van der Waals surface area contributed by atoms with Crippen molar-refractivity contribution >= 4 is 14.5 Å². The minimum absolute atomic E-state index is 0.401. The number of hydrogen-bond acceptors (Lipinski definition) is 2. The maximum absolute atomic E-state index is 6.45. The van der Waals surface area contributed by atoms with Crippen LogP contribution in [0.5, 0.6) is 0 Å². The van der Waals surface area contributed by atoms with Crippen molar-refractivity contribution in [3.8, 4) is 0 Å². The van der Waals surface area contributed by atoms with Gasteiger partial charge in [0, 0.05) is 13.2 Å². The lowest BCUT2D eigenvalue weighted by Crippen LogP contribution is -2.29. The fourth-order valence-electron chi connectivity index (χ4n) is 3.80. The monoisotopic (exact) mass is 368 g/mol. The highest BCUT2D eigenvalue weighted by Crippen LogP contribution is 2.18. The molecule has 3 heteroatoms. The van der Waals surface area contributed by atoms with Crippen LogP contribution < -0.4 is 0 Å². The standard InChI is InChI=1S/2C8H17.C6H11O2.Al/c2*1-3-5-7-8-6-4-2;7-5-6-3-1-2-4-8-6;/h2*1,3-8H2,2H3;6H,1-5H2;/q;;-1;+1. The Morgan fingerprint density at radius 3 is 1.84 bits per heavy atom. The van der Waals surface area contributed by atoms with E-state index in [2.05, 4.69) is 13.8 Å². The SMILES string of the molecule is CCCCCCC[CH2][Al]([CH2]CCCCCCC)[O]CC1CCCCO1. The molecule has 148 valence electrons. The molecule has 0 amide bonds. The van der Waals surface area contributed by atoms with E-state index in [1.165, 1.54) is 107 Å². The van der Waals surface area contributed by atoms with Crippen LogP contribution in [0.25, 0.3) is 0 Å². The van der Waals surface area contributed by atoms with Crippen LogP contribution in [0, 0.1) is 0 Å². The smallest absolute Gasteiger partial charge is 0.460 e. The first-order chi connectivity index (χ1) is 12.4. The third kappa shape index (κ3) is 14.2. The summed E-state index contributed by atoms with van der Waals surface area (Å²) in [4.78, 5) is 0. The Kier molecular flexibility index (Phi) is 16.8. The summed E-state index contributed by atoms with van der Waals surface area (Å²) in [6.45, 7) is 6.44. The third-order valence-corrected chi connectivity index (χ3v) is 8.32. The zero-order valence-electron chi connectivity index (χ0n) is 17.4. The Bertz CT molecular complexity index is 251. The molecule has 1 rings (SSSR count). The maximum atomic E-state index is 6.45. The summed E-state index contributed by atoms with van der Waals surface area (Å²) in [5.41, 5.74) is 0. The van der Waals surface area contributed by atoms with Gasteiger partial charge in [-0.1, -0.05) is 101 Å². The summed E-state index contributed by atoms with van der Waals surface area (Å²) in [7, 11) is 0. The molecule has 1 unspecified atom stereocenters. The molecule has 0 aromatic heterocycles. The third-order valence-electron chi connectivity index (χ3n) is 5.55. The van der Waals surface area contributed by atoms with Gasteiger partial charge >= 0.3 is 14.5 Å². The molecule has 1 fully saturated rings.